The van der Waals surface area contributed by atoms with Gasteiger partial charge in [-0.2, -0.15) is 0 Å². The van der Waals surface area contributed by atoms with E-state index < -0.39 is 11.9 Å². The first kappa shape index (κ1) is 24.2. The average molecular weight is 487 g/mol. The number of alkyl halides is 2. The van der Waals surface area contributed by atoms with E-state index in [9.17, 15) is 18.0 Å². The molecule has 1 atom stereocenters. The van der Waals surface area contributed by atoms with Gasteiger partial charge in [0.25, 0.3) is 5.92 Å². The van der Waals surface area contributed by atoms with Crippen LogP contribution < -0.4 is 5.32 Å². The highest BCUT2D eigenvalue weighted by Crippen LogP contribution is 2.32. The van der Waals surface area contributed by atoms with Crippen LogP contribution in [0, 0.1) is 5.82 Å². The largest absolute Gasteiger partial charge is 0.466 e. The number of carbonyl (C=O) groups excluding carboxylic acids is 1. The summed E-state index contributed by atoms with van der Waals surface area (Å²) in [7, 11) is 1.29. The standard InChI is InChI=1S/C15H18F2N4O2S.C6H4ClF/c1-9-5-15(16,17)8-21(9)7-11-10(14(22)23-2)6-19-12(20-11)13-18-3-4-24-13;7-5-2-1-3-6(8)4-5/h3-4,9H,5-8H2,1-2H3,(H,19,20);1-4H/t9-;/m0./s1. The van der Waals surface area contributed by atoms with Gasteiger partial charge >= 0.3 is 5.97 Å². The number of ether oxygens (including phenoxy) is 1. The number of methoxy groups -OCH3 is 1. The first-order valence-corrected chi connectivity index (χ1v) is 11.0. The van der Waals surface area contributed by atoms with E-state index >= 15 is 0 Å². The fourth-order valence-electron chi connectivity index (χ4n) is 3.37. The molecule has 1 aromatic heterocycles. The minimum Gasteiger partial charge on any atom is -0.466 e. The second-order valence-corrected chi connectivity index (χ2v) is 8.66. The number of carbonyl (C=O) groups is 1. The van der Waals surface area contributed by atoms with E-state index in [1.807, 2.05) is 5.38 Å². The van der Waals surface area contributed by atoms with Gasteiger partial charge in [0.15, 0.2) is 10.8 Å². The molecule has 0 bridgehead atoms. The molecule has 1 N–H and O–H groups in total. The van der Waals surface area contributed by atoms with E-state index in [-0.39, 0.29) is 37.9 Å². The number of esters is 1. The molecule has 3 heterocycles. The van der Waals surface area contributed by atoms with Crippen molar-refractivity contribution in [3.63, 3.8) is 0 Å². The van der Waals surface area contributed by atoms with Crippen molar-refractivity contribution < 1.29 is 22.7 Å². The fourth-order valence-corrected chi connectivity index (χ4v) is 4.15. The van der Waals surface area contributed by atoms with Crippen molar-refractivity contribution in [2.24, 2.45) is 4.99 Å². The Morgan fingerprint density at radius 2 is 2.22 bits per heavy atom. The van der Waals surface area contributed by atoms with Gasteiger partial charge in [-0.1, -0.05) is 17.7 Å². The molecule has 1 saturated heterocycles. The number of nitrogens with zero attached hydrogens (tertiary/aromatic N) is 3. The Morgan fingerprint density at radius 1 is 1.44 bits per heavy atom. The summed E-state index contributed by atoms with van der Waals surface area (Å²) in [6.45, 7) is 1.80. The van der Waals surface area contributed by atoms with Gasteiger partial charge in [-0.25, -0.2) is 22.9 Å². The number of aliphatic imine (C=N–C) groups is 1. The molecule has 11 heteroatoms. The zero-order valence-electron chi connectivity index (χ0n) is 17.4. The van der Waals surface area contributed by atoms with Gasteiger partial charge in [0.05, 0.1) is 25.8 Å². The summed E-state index contributed by atoms with van der Waals surface area (Å²) in [6, 6.07) is 5.55. The van der Waals surface area contributed by atoms with Gasteiger partial charge in [0.1, 0.15) is 5.82 Å². The van der Waals surface area contributed by atoms with Gasteiger partial charge in [0, 0.05) is 41.3 Å². The molecule has 32 heavy (non-hydrogen) atoms. The molecule has 0 unspecified atom stereocenters. The fraction of sp³-hybridized carbons (Fsp3) is 0.381. The molecule has 2 aliphatic heterocycles. The van der Waals surface area contributed by atoms with Crippen molar-refractivity contribution in [2.45, 2.75) is 25.3 Å². The Balaban J connectivity index is 0.000000305. The number of rotatable bonds is 4. The summed E-state index contributed by atoms with van der Waals surface area (Å²) in [6.07, 6.45) is 1.48. The molecule has 4 rings (SSSR count). The van der Waals surface area contributed by atoms with Gasteiger partial charge in [0.2, 0.25) is 0 Å². The number of aromatic nitrogens is 1. The van der Waals surface area contributed by atoms with Crippen LogP contribution in [0.15, 0.2) is 52.1 Å². The quantitative estimate of drug-likeness (QED) is 0.658. The highest BCUT2D eigenvalue weighted by molar-refractivity contribution is 7.11. The topological polar surface area (TPSA) is 66.8 Å². The first-order chi connectivity index (χ1) is 15.2. The van der Waals surface area contributed by atoms with E-state index in [1.54, 1.807) is 30.2 Å². The van der Waals surface area contributed by atoms with Crippen LogP contribution in [0.2, 0.25) is 5.02 Å². The van der Waals surface area contributed by atoms with Gasteiger partial charge in [-0.15, -0.1) is 11.3 Å². The van der Waals surface area contributed by atoms with Crippen LogP contribution >= 0.6 is 22.9 Å². The van der Waals surface area contributed by atoms with Crippen molar-refractivity contribution >= 4 is 34.7 Å². The second kappa shape index (κ2) is 10.5. The predicted molar refractivity (Wildman–Crippen MR) is 118 cm³/mol. The molecule has 2 aliphatic rings. The van der Waals surface area contributed by atoms with Gasteiger partial charge < -0.3 is 10.1 Å². The lowest BCUT2D eigenvalue weighted by molar-refractivity contribution is -0.136. The predicted octanol–water partition coefficient (Wildman–Crippen LogP) is 4.13. The highest BCUT2D eigenvalue weighted by Gasteiger charge is 2.43. The Bertz CT molecular complexity index is 997. The summed E-state index contributed by atoms with van der Waals surface area (Å²) >= 11 is 6.82. The lowest BCUT2D eigenvalue weighted by Gasteiger charge is -2.26. The Kier molecular flexibility index (Phi) is 7.91. The van der Waals surface area contributed by atoms with Gasteiger partial charge in [-0.05, 0) is 25.1 Å². The van der Waals surface area contributed by atoms with Crippen LogP contribution in [0.1, 0.15) is 18.4 Å². The summed E-state index contributed by atoms with van der Waals surface area (Å²) in [5.74, 6) is -2.95. The SMILES string of the molecule is COC(=O)C1=C(CN2CC(F)(F)C[C@@H]2C)NC(c2nccs2)=NC1.Fc1cccc(Cl)c1. The van der Waals surface area contributed by atoms with E-state index in [0.717, 1.165) is 0 Å². The van der Waals surface area contributed by atoms with Crippen molar-refractivity contribution in [2.75, 3.05) is 26.7 Å². The molecule has 172 valence electrons. The summed E-state index contributed by atoms with van der Waals surface area (Å²) in [5.41, 5.74) is 0.909. The van der Waals surface area contributed by atoms with Crippen LogP contribution in [-0.2, 0) is 9.53 Å². The number of nitrogens with one attached hydrogen (secondary N) is 1. The number of likely N-dealkylation sites (tertiary alicyclic amines) is 1. The maximum atomic E-state index is 13.6. The van der Waals surface area contributed by atoms with Crippen LogP contribution in [-0.4, -0.2) is 60.4 Å². The lowest BCUT2D eigenvalue weighted by Crippen LogP contribution is -2.40. The van der Waals surface area contributed by atoms with Gasteiger partial charge in [-0.3, -0.25) is 9.89 Å². The molecule has 0 radical (unpaired) electrons. The third kappa shape index (κ3) is 6.30. The number of amidine groups is 1. The maximum Gasteiger partial charge on any atom is 0.337 e. The molecule has 0 amide bonds. The van der Waals surface area contributed by atoms with Crippen LogP contribution in [0.25, 0.3) is 0 Å². The van der Waals surface area contributed by atoms with Crippen LogP contribution in [0.3, 0.4) is 0 Å². The Hall–Kier alpha value is -2.43. The van der Waals surface area contributed by atoms with Crippen molar-refractivity contribution in [3.05, 3.63) is 63.0 Å². The lowest BCUT2D eigenvalue weighted by atomic mass is 10.1. The second-order valence-electron chi connectivity index (χ2n) is 7.33. The molecule has 1 aromatic carbocycles. The molecule has 0 aliphatic carbocycles. The van der Waals surface area contributed by atoms with Crippen molar-refractivity contribution in [1.29, 1.82) is 0 Å². The van der Waals surface area contributed by atoms with Crippen molar-refractivity contribution in [3.8, 4) is 0 Å². The average Bonchev–Trinajstić information content (AvgIpc) is 3.35. The monoisotopic (exact) mass is 486 g/mol. The molecule has 6 nitrogen and oxygen atoms in total. The van der Waals surface area contributed by atoms with Crippen LogP contribution in [0.5, 0.6) is 0 Å². The van der Waals surface area contributed by atoms with E-state index in [2.05, 4.69) is 15.3 Å². The molecular weight excluding hydrogens is 465 g/mol. The number of halogens is 4. The Morgan fingerprint density at radius 3 is 2.75 bits per heavy atom. The smallest absolute Gasteiger partial charge is 0.337 e. The third-order valence-electron chi connectivity index (χ3n) is 4.90. The molecular formula is C21H22ClF3N4O2S. The minimum absolute atomic E-state index is 0.141. The highest BCUT2D eigenvalue weighted by atomic mass is 35.5. The van der Waals surface area contributed by atoms with E-state index in [0.29, 0.717) is 27.1 Å². The first-order valence-electron chi connectivity index (χ1n) is 9.73. The molecule has 0 spiro atoms. The number of benzene rings is 1. The summed E-state index contributed by atoms with van der Waals surface area (Å²) < 4.78 is 44.1. The minimum atomic E-state index is -2.70. The zero-order valence-corrected chi connectivity index (χ0v) is 19.0. The Labute approximate surface area is 192 Å². The maximum absolute atomic E-state index is 13.6. The summed E-state index contributed by atoms with van der Waals surface area (Å²) in [4.78, 5) is 22.2. The van der Waals surface area contributed by atoms with E-state index in [4.69, 9.17) is 16.3 Å². The number of thiazole rings is 1. The molecule has 0 saturated carbocycles. The number of hydrogen-bond donors (Lipinski definition) is 1. The third-order valence-corrected chi connectivity index (χ3v) is 5.91. The molecule has 1 fully saturated rings. The van der Waals surface area contributed by atoms with Crippen LogP contribution in [0.4, 0.5) is 13.2 Å². The molecule has 2 aromatic rings. The normalized spacial score (nSPS) is 20.2. The summed E-state index contributed by atoms with van der Waals surface area (Å²) in [5, 5.41) is 6.03. The van der Waals surface area contributed by atoms with Crippen molar-refractivity contribution in [1.82, 2.24) is 15.2 Å². The zero-order chi connectivity index (χ0) is 23.3. The van der Waals surface area contributed by atoms with E-state index in [1.165, 1.54) is 30.6 Å². The number of hydrogen-bond acceptors (Lipinski definition) is 7.